The van der Waals surface area contributed by atoms with E-state index in [4.69, 9.17) is 0 Å². The van der Waals surface area contributed by atoms with E-state index in [1.165, 1.54) is 29.5 Å². The molecule has 1 aromatic rings. The van der Waals surface area contributed by atoms with Crippen molar-refractivity contribution in [1.29, 1.82) is 0 Å². The summed E-state index contributed by atoms with van der Waals surface area (Å²) in [5.74, 6) is 0. The van der Waals surface area contributed by atoms with E-state index in [9.17, 15) is 0 Å². The predicted octanol–water partition coefficient (Wildman–Crippen LogP) is 4.45. The summed E-state index contributed by atoms with van der Waals surface area (Å²) >= 11 is 0. The van der Waals surface area contributed by atoms with Crippen LogP contribution in [-0.4, -0.2) is 0 Å². The van der Waals surface area contributed by atoms with E-state index < -0.39 is 0 Å². The highest BCUT2D eigenvalue weighted by Crippen LogP contribution is 2.15. The summed E-state index contributed by atoms with van der Waals surface area (Å²) in [6, 6.07) is 8.94. The normalized spacial score (nSPS) is 11.8. The Morgan fingerprint density at radius 3 is 2.29 bits per heavy atom. The van der Waals surface area contributed by atoms with Gasteiger partial charge in [0.1, 0.15) is 0 Å². The van der Waals surface area contributed by atoms with Crippen LogP contribution in [0.2, 0.25) is 0 Å². The minimum Gasteiger partial charge on any atom is -0.0813 e. The molecule has 0 spiro atoms. The Bertz CT molecular complexity index is 290. The average Bonchev–Trinajstić information content (AvgIpc) is 2.20. The van der Waals surface area contributed by atoms with Gasteiger partial charge < -0.3 is 0 Å². The molecule has 1 aromatic carbocycles. The quantitative estimate of drug-likeness (QED) is 0.654. The zero-order chi connectivity index (χ0) is 10.4. The summed E-state index contributed by atoms with van der Waals surface area (Å²) in [5.41, 5.74) is 4.18. The van der Waals surface area contributed by atoms with Crippen LogP contribution in [0, 0.1) is 0 Å². The second-order valence-electron chi connectivity index (χ2n) is 3.74. The molecule has 1 rings (SSSR count). The fraction of sp³-hybridized carbons (Fsp3) is 0.429. The lowest BCUT2D eigenvalue weighted by Crippen LogP contribution is -1.84. The number of rotatable bonds is 4. The van der Waals surface area contributed by atoms with Gasteiger partial charge >= 0.3 is 0 Å². The van der Waals surface area contributed by atoms with Crippen molar-refractivity contribution in [3.05, 3.63) is 41.5 Å². The first-order chi connectivity index (χ1) is 6.77. The van der Waals surface area contributed by atoms with Gasteiger partial charge in [0, 0.05) is 0 Å². The summed E-state index contributed by atoms with van der Waals surface area (Å²) in [7, 11) is 0. The average molecular weight is 188 g/mol. The Morgan fingerprint density at radius 2 is 1.79 bits per heavy atom. The first-order valence-corrected chi connectivity index (χ1v) is 5.54. The third-order valence-electron chi connectivity index (χ3n) is 2.46. The van der Waals surface area contributed by atoms with Crippen LogP contribution in [0.15, 0.2) is 30.3 Å². The Labute approximate surface area is 87.7 Å². The lowest BCUT2D eigenvalue weighted by molar-refractivity contribution is 0.921. The molecule has 0 heteroatoms. The van der Waals surface area contributed by atoms with Crippen LogP contribution in [-0.2, 0) is 6.42 Å². The van der Waals surface area contributed by atoms with Crippen LogP contribution < -0.4 is 0 Å². The first kappa shape index (κ1) is 11.0. The standard InChI is InChI=1S/C14H20/c1-4-6-12(3)14-10-8-13(7-5-2)9-11-14/h6,8-11H,4-5,7H2,1-3H3. The molecule has 0 saturated carbocycles. The smallest absolute Gasteiger partial charge is 0.0230 e. The maximum absolute atomic E-state index is 2.27. The molecular formula is C14H20. The third-order valence-corrected chi connectivity index (χ3v) is 2.46. The van der Waals surface area contributed by atoms with Gasteiger partial charge in [-0.05, 0) is 36.5 Å². The second-order valence-corrected chi connectivity index (χ2v) is 3.74. The number of aryl methyl sites for hydroxylation is 1. The largest absolute Gasteiger partial charge is 0.0813 e. The van der Waals surface area contributed by atoms with Gasteiger partial charge in [-0.2, -0.15) is 0 Å². The fourth-order valence-corrected chi connectivity index (χ4v) is 1.65. The van der Waals surface area contributed by atoms with E-state index >= 15 is 0 Å². The van der Waals surface area contributed by atoms with Crippen molar-refractivity contribution < 1.29 is 0 Å². The van der Waals surface area contributed by atoms with Gasteiger partial charge in [-0.3, -0.25) is 0 Å². The lowest BCUT2D eigenvalue weighted by atomic mass is 10.0. The van der Waals surface area contributed by atoms with E-state index in [2.05, 4.69) is 51.1 Å². The van der Waals surface area contributed by atoms with Crippen molar-refractivity contribution in [2.45, 2.75) is 40.0 Å². The number of allylic oxidation sites excluding steroid dienone is 2. The molecule has 0 aliphatic rings. The highest BCUT2D eigenvalue weighted by Gasteiger charge is 1.95. The summed E-state index contributed by atoms with van der Waals surface area (Å²) in [6.45, 7) is 6.57. The van der Waals surface area contributed by atoms with Gasteiger partial charge in [0.25, 0.3) is 0 Å². The Balaban J connectivity index is 2.77. The van der Waals surface area contributed by atoms with Gasteiger partial charge in [-0.1, -0.05) is 50.6 Å². The van der Waals surface area contributed by atoms with Crippen molar-refractivity contribution in [2.24, 2.45) is 0 Å². The Kier molecular flexibility index (Phi) is 4.45. The highest BCUT2D eigenvalue weighted by atomic mass is 14.0. The van der Waals surface area contributed by atoms with Crippen molar-refractivity contribution in [2.75, 3.05) is 0 Å². The van der Waals surface area contributed by atoms with E-state index in [1.807, 2.05) is 0 Å². The Hall–Kier alpha value is -1.04. The minimum absolute atomic E-state index is 1.11. The molecule has 0 aliphatic carbocycles. The minimum atomic E-state index is 1.11. The maximum Gasteiger partial charge on any atom is -0.0230 e. The van der Waals surface area contributed by atoms with E-state index in [1.54, 1.807) is 0 Å². The zero-order valence-electron chi connectivity index (χ0n) is 9.51. The molecule has 0 unspecified atom stereocenters. The van der Waals surface area contributed by atoms with Crippen LogP contribution in [0.25, 0.3) is 5.57 Å². The molecule has 0 radical (unpaired) electrons. The van der Waals surface area contributed by atoms with Crippen molar-refractivity contribution in [3.63, 3.8) is 0 Å². The maximum atomic E-state index is 2.27. The number of hydrogen-bond acceptors (Lipinski definition) is 0. The molecule has 0 heterocycles. The van der Waals surface area contributed by atoms with Gasteiger partial charge in [0.05, 0.1) is 0 Å². The molecule has 0 atom stereocenters. The first-order valence-electron chi connectivity index (χ1n) is 5.54. The Morgan fingerprint density at radius 1 is 1.14 bits per heavy atom. The summed E-state index contributed by atoms with van der Waals surface area (Å²) < 4.78 is 0. The molecule has 0 saturated heterocycles. The van der Waals surface area contributed by atoms with Gasteiger partial charge in [0.15, 0.2) is 0 Å². The summed E-state index contributed by atoms with van der Waals surface area (Å²) in [4.78, 5) is 0. The molecule has 14 heavy (non-hydrogen) atoms. The highest BCUT2D eigenvalue weighted by molar-refractivity contribution is 5.63. The molecule has 0 aromatic heterocycles. The molecule has 0 aliphatic heterocycles. The SMILES string of the molecule is CCC=C(C)c1ccc(CCC)cc1. The second kappa shape index (κ2) is 5.64. The van der Waals surface area contributed by atoms with Gasteiger partial charge in [-0.25, -0.2) is 0 Å². The monoisotopic (exact) mass is 188 g/mol. The fourth-order valence-electron chi connectivity index (χ4n) is 1.65. The van der Waals surface area contributed by atoms with Crippen LogP contribution in [0.1, 0.15) is 44.7 Å². The molecule has 0 N–H and O–H groups in total. The van der Waals surface area contributed by atoms with Crippen LogP contribution in [0.3, 0.4) is 0 Å². The predicted molar refractivity (Wildman–Crippen MR) is 64.4 cm³/mol. The zero-order valence-corrected chi connectivity index (χ0v) is 9.51. The van der Waals surface area contributed by atoms with E-state index in [-0.39, 0.29) is 0 Å². The van der Waals surface area contributed by atoms with Gasteiger partial charge in [-0.15, -0.1) is 0 Å². The summed E-state index contributed by atoms with van der Waals surface area (Å²) in [5, 5.41) is 0. The van der Waals surface area contributed by atoms with Crippen LogP contribution in [0.4, 0.5) is 0 Å². The van der Waals surface area contributed by atoms with E-state index in [0.717, 1.165) is 6.42 Å². The molecule has 0 amide bonds. The van der Waals surface area contributed by atoms with E-state index in [0.29, 0.717) is 0 Å². The number of hydrogen-bond donors (Lipinski definition) is 0. The number of benzene rings is 1. The lowest BCUT2D eigenvalue weighted by Gasteiger charge is -2.03. The molecule has 0 bridgehead atoms. The molecule has 0 fully saturated rings. The van der Waals surface area contributed by atoms with Crippen LogP contribution in [0.5, 0.6) is 0 Å². The van der Waals surface area contributed by atoms with Crippen LogP contribution >= 0.6 is 0 Å². The third kappa shape index (κ3) is 3.02. The van der Waals surface area contributed by atoms with Crippen molar-refractivity contribution in [3.8, 4) is 0 Å². The van der Waals surface area contributed by atoms with Crippen molar-refractivity contribution >= 4 is 5.57 Å². The van der Waals surface area contributed by atoms with Gasteiger partial charge in [0.2, 0.25) is 0 Å². The summed E-state index contributed by atoms with van der Waals surface area (Å²) in [6.07, 6.45) is 5.80. The molecule has 76 valence electrons. The molecular weight excluding hydrogens is 168 g/mol. The topological polar surface area (TPSA) is 0 Å². The molecule has 0 nitrogen and oxygen atoms in total. The van der Waals surface area contributed by atoms with Crippen molar-refractivity contribution in [1.82, 2.24) is 0 Å².